The van der Waals surface area contributed by atoms with Crippen molar-refractivity contribution >= 4 is 41.5 Å². The van der Waals surface area contributed by atoms with Gasteiger partial charge in [0.2, 0.25) is 0 Å². The molecule has 0 aliphatic carbocycles. The first-order chi connectivity index (χ1) is 11.5. The van der Waals surface area contributed by atoms with Gasteiger partial charge in [0.15, 0.2) is 0 Å². The lowest BCUT2D eigenvalue weighted by Gasteiger charge is -2.27. The third-order valence-corrected chi connectivity index (χ3v) is 4.23. The molecule has 1 aromatic carbocycles. The van der Waals surface area contributed by atoms with Crippen molar-refractivity contribution in [2.45, 2.75) is 6.92 Å². The van der Waals surface area contributed by atoms with Crippen molar-refractivity contribution in [3.05, 3.63) is 52.4 Å². The van der Waals surface area contributed by atoms with Gasteiger partial charge in [-0.1, -0.05) is 11.6 Å². The van der Waals surface area contributed by atoms with Crippen LogP contribution >= 0.6 is 24.0 Å². The smallest absolute Gasteiger partial charge is 0.259 e. The Labute approximate surface area is 156 Å². The monoisotopic (exact) mass is 383 g/mol. The number of benzene rings is 1. The van der Waals surface area contributed by atoms with Crippen LogP contribution in [0, 0.1) is 12.8 Å². The van der Waals surface area contributed by atoms with E-state index in [1.54, 1.807) is 31.2 Å². The van der Waals surface area contributed by atoms with E-state index in [1.807, 2.05) is 0 Å². The molecule has 1 fully saturated rings. The Hall–Kier alpha value is -2.02. The zero-order valence-electron chi connectivity index (χ0n) is 13.6. The number of carbonyl (C=O) groups excluding carboxylic acids is 2. The number of anilines is 1. The van der Waals surface area contributed by atoms with E-state index in [1.165, 1.54) is 6.26 Å². The summed E-state index contributed by atoms with van der Waals surface area (Å²) in [4.78, 5) is 24.8. The number of halogens is 2. The van der Waals surface area contributed by atoms with Gasteiger partial charge >= 0.3 is 0 Å². The molecule has 0 saturated carbocycles. The van der Waals surface area contributed by atoms with E-state index in [9.17, 15) is 9.59 Å². The molecule has 6 nitrogen and oxygen atoms in total. The zero-order chi connectivity index (χ0) is 17.1. The van der Waals surface area contributed by atoms with Gasteiger partial charge in [-0.15, -0.1) is 12.4 Å². The van der Waals surface area contributed by atoms with Crippen LogP contribution < -0.4 is 16.0 Å². The molecule has 1 aliphatic heterocycles. The van der Waals surface area contributed by atoms with E-state index in [2.05, 4.69) is 16.0 Å². The van der Waals surface area contributed by atoms with Gasteiger partial charge < -0.3 is 20.4 Å². The van der Waals surface area contributed by atoms with Crippen LogP contribution in [-0.2, 0) is 0 Å². The van der Waals surface area contributed by atoms with Crippen molar-refractivity contribution in [3.63, 3.8) is 0 Å². The van der Waals surface area contributed by atoms with Gasteiger partial charge in [-0.25, -0.2) is 0 Å². The van der Waals surface area contributed by atoms with Gasteiger partial charge in [0.05, 0.1) is 23.1 Å². The fourth-order valence-electron chi connectivity index (χ4n) is 2.45. The summed E-state index contributed by atoms with van der Waals surface area (Å²) in [5.41, 5.74) is 1.17. The van der Waals surface area contributed by atoms with Crippen molar-refractivity contribution in [2.24, 2.45) is 5.92 Å². The Balaban J connectivity index is 0.00000225. The number of amides is 2. The van der Waals surface area contributed by atoms with Crippen molar-refractivity contribution < 1.29 is 14.0 Å². The Morgan fingerprint density at radius 1 is 1.24 bits per heavy atom. The van der Waals surface area contributed by atoms with Crippen LogP contribution in [0.15, 0.2) is 34.9 Å². The minimum atomic E-state index is -0.347. The number of aryl methyl sites for hydroxylation is 1. The van der Waals surface area contributed by atoms with Crippen molar-refractivity contribution in [3.8, 4) is 0 Å². The third kappa shape index (κ3) is 4.54. The lowest BCUT2D eigenvalue weighted by molar-refractivity contribution is 0.0943. The predicted molar refractivity (Wildman–Crippen MR) is 98.8 cm³/mol. The van der Waals surface area contributed by atoms with E-state index in [-0.39, 0.29) is 24.2 Å². The number of furan rings is 1. The van der Waals surface area contributed by atoms with Gasteiger partial charge in [-0.2, -0.15) is 0 Å². The second-order valence-electron chi connectivity index (χ2n) is 5.77. The van der Waals surface area contributed by atoms with Crippen molar-refractivity contribution in [1.29, 1.82) is 0 Å². The Morgan fingerprint density at radius 2 is 2.00 bits per heavy atom. The van der Waals surface area contributed by atoms with Gasteiger partial charge in [-0.05, 0) is 31.2 Å². The molecule has 2 heterocycles. The third-order valence-electron chi connectivity index (χ3n) is 4.00. The highest BCUT2D eigenvalue weighted by Gasteiger charge is 2.20. The molecule has 3 N–H and O–H groups in total. The molecule has 8 heteroatoms. The van der Waals surface area contributed by atoms with Crippen molar-refractivity contribution in [2.75, 3.05) is 25.0 Å². The van der Waals surface area contributed by atoms with Crippen LogP contribution in [0.3, 0.4) is 0 Å². The molecule has 2 amide bonds. The molecular weight excluding hydrogens is 365 g/mol. The number of hydrogen-bond acceptors (Lipinski definition) is 4. The highest BCUT2D eigenvalue weighted by atomic mass is 35.5. The van der Waals surface area contributed by atoms with Gasteiger partial charge in [0, 0.05) is 30.6 Å². The van der Waals surface area contributed by atoms with Crippen LogP contribution in [0.4, 0.5) is 5.69 Å². The molecule has 0 atom stereocenters. The lowest BCUT2D eigenvalue weighted by Crippen LogP contribution is -2.48. The summed E-state index contributed by atoms with van der Waals surface area (Å²) in [7, 11) is 0. The summed E-state index contributed by atoms with van der Waals surface area (Å²) in [6.45, 7) is 4.12. The van der Waals surface area contributed by atoms with E-state index >= 15 is 0 Å². The fraction of sp³-hybridized carbons (Fsp3) is 0.294. The molecule has 1 aliphatic rings. The zero-order valence-corrected chi connectivity index (χ0v) is 15.2. The lowest BCUT2D eigenvalue weighted by atomic mass is 10.0. The highest BCUT2D eigenvalue weighted by Crippen LogP contribution is 2.23. The summed E-state index contributed by atoms with van der Waals surface area (Å²) < 4.78 is 5.14. The second kappa shape index (κ2) is 8.38. The van der Waals surface area contributed by atoms with Crippen molar-refractivity contribution in [1.82, 2.24) is 10.6 Å². The van der Waals surface area contributed by atoms with Crippen LogP contribution in [0.5, 0.6) is 0 Å². The summed E-state index contributed by atoms with van der Waals surface area (Å²) in [5.74, 6) is 0.379. The number of rotatable bonds is 5. The normalized spacial score (nSPS) is 13.5. The molecule has 0 spiro atoms. The molecule has 3 rings (SSSR count). The summed E-state index contributed by atoms with van der Waals surface area (Å²) in [5, 5.41) is 9.22. The summed E-state index contributed by atoms with van der Waals surface area (Å²) in [6.07, 6.45) is 1.45. The maximum Gasteiger partial charge on any atom is 0.259 e. The molecule has 2 aromatic rings. The molecule has 1 aromatic heterocycles. The highest BCUT2D eigenvalue weighted by molar-refractivity contribution is 6.31. The maximum atomic E-state index is 12.4. The molecule has 25 heavy (non-hydrogen) atoms. The Bertz CT molecular complexity index is 772. The minimum Gasteiger partial charge on any atom is -0.469 e. The first kappa shape index (κ1) is 19.3. The number of nitrogens with one attached hydrogen (secondary N) is 3. The van der Waals surface area contributed by atoms with Crippen LogP contribution in [0.2, 0.25) is 5.02 Å². The van der Waals surface area contributed by atoms with E-state index in [0.717, 1.165) is 13.1 Å². The SMILES string of the molecule is Cc1occc1C(=O)Nc1cc(Cl)ccc1C(=O)NCC1CNC1.Cl. The van der Waals surface area contributed by atoms with Gasteiger partial charge in [0.25, 0.3) is 11.8 Å². The average Bonchev–Trinajstić information content (AvgIpc) is 2.92. The maximum absolute atomic E-state index is 12.4. The molecule has 0 unspecified atom stereocenters. The van der Waals surface area contributed by atoms with Crippen LogP contribution in [0.1, 0.15) is 26.5 Å². The summed E-state index contributed by atoms with van der Waals surface area (Å²) in [6, 6.07) is 6.38. The van der Waals surface area contributed by atoms with Crippen LogP contribution in [-0.4, -0.2) is 31.4 Å². The van der Waals surface area contributed by atoms with Gasteiger partial charge in [-0.3, -0.25) is 9.59 Å². The molecular formula is C17H19Cl2N3O3. The average molecular weight is 384 g/mol. The standard InChI is InChI=1S/C17H18ClN3O3.ClH/c1-10-13(4-5-24-10)17(23)21-15-6-12(18)2-3-14(15)16(22)20-9-11-7-19-8-11;/h2-6,11,19H,7-9H2,1H3,(H,20,22)(H,21,23);1H. The largest absolute Gasteiger partial charge is 0.469 e. The Morgan fingerprint density at radius 3 is 2.60 bits per heavy atom. The first-order valence-corrected chi connectivity index (χ1v) is 8.06. The number of carbonyl (C=O) groups is 2. The van der Waals surface area contributed by atoms with E-state index in [0.29, 0.717) is 40.1 Å². The summed E-state index contributed by atoms with van der Waals surface area (Å²) >= 11 is 6.01. The Kier molecular flexibility index (Phi) is 6.47. The second-order valence-corrected chi connectivity index (χ2v) is 6.21. The quantitative estimate of drug-likeness (QED) is 0.740. The van der Waals surface area contributed by atoms with Crippen LogP contribution in [0.25, 0.3) is 0 Å². The molecule has 0 bridgehead atoms. The molecule has 1 saturated heterocycles. The van der Waals surface area contributed by atoms with E-state index < -0.39 is 0 Å². The molecule has 134 valence electrons. The molecule has 0 radical (unpaired) electrons. The van der Waals surface area contributed by atoms with Gasteiger partial charge in [0.1, 0.15) is 5.76 Å². The number of hydrogen-bond donors (Lipinski definition) is 3. The first-order valence-electron chi connectivity index (χ1n) is 7.68. The fourth-order valence-corrected chi connectivity index (χ4v) is 2.63. The predicted octanol–water partition coefficient (Wildman–Crippen LogP) is 2.86. The minimum absolute atomic E-state index is 0. The topological polar surface area (TPSA) is 83.4 Å². The van der Waals surface area contributed by atoms with E-state index in [4.69, 9.17) is 16.0 Å².